The highest BCUT2D eigenvalue weighted by Crippen LogP contribution is 2.24. The van der Waals surface area contributed by atoms with Crippen molar-refractivity contribution in [1.29, 1.82) is 0 Å². The summed E-state index contributed by atoms with van der Waals surface area (Å²) in [5.41, 5.74) is 0. The molecule has 1 amide bonds. The molecule has 0 aliphatic rings. The predicted molar refractivity (Wildman–Crippen MR) is 59.3 cm³/mol. The number of carbonyl (C=O) groups is 1. The number of thioether (sulfide) groups is 1. The average molecular weight is 276 g/mol. The second-order valence-corrected chi connectivity index (χ2v) is 4.35. The fourth-order valence-corrected chi connectivity index (χ4v) is 2.08. The van der Waals surface area contributed by atoms with Crippen molar-refractivity contribution in [3.8, 4) is 0 Å². The lowest BCUT2D eigenvalue weighted by molar-refractivity contribution is -0.118. The van der Waals surface area contributed by atoms with Crippen molar-refractivity contribution in [3.63, 3.8) is 0 Å². The molecule has 76 valence electrons. The number of hydrogen-bond donors (Lipinski definition) is 1. The summed E-state index contributed by atoms with van der Waals surface area (Å²) < 4.78 is 0.817. The van der Waals surface area contributed by atoms with Gasteiger partial charge < -0.3 is 5.32 Å². The van der Waals surface area contributed by atoms with Gasteiger partial charge in [0.1, 0.15) is 10.9 Å². The molecule has 0 atom stereocenters. The van der Waals surface area contributed by atoms with Gasteiger partial charge in [0.05, 0.1) is 10.2 Å². The molecule has 0 radical (unpaired) electrons. The summed E-state index contributed by atoms with van der Waals surface area (Å²) in [6.07, 6.45) is 1.69. The number of nitrogens with one attached hydrogen (secondary N) is 1. The minimum Gasteiger partial charge on any atom is -0.358 e. The van der Waals surface area contributed by atoms with Crippen molar-refractivity contribution >= 4 is 33.6 Å². The zero-order chi connectivity index (χ0) is 10.6. The SMILES string of the molecule is CNC(=O)CSc1nc(C)ncc1Br. The Hall–Kier alpha value is -0.620. The number of rotatable bonds is 3. The molecule has 6 heteroatoms. The van der Waals surface area contributed by atoms with Gasteiger partial charge in [0, 0.05) is 13.2 Å². The van der Waals surface area contributed by atoms with Crippen LogP contribution in [0, 0.1) is 6.92 Å². The Balaban J connectivity index is 2.66. The van der Waals surface area contributed by atoms with Gasteiger partial charge in [-0.2, -0.15) is 0 Å². The van der Waals surface area contributed by atoms with Gasteiger partial charge >= 0.3 is 0 Å². The maximum atomic E-state index is 11.0. The lowest BCUT2D eigenvalue weighted by Crippen LogP contribution is -2.19. The Morgan fingerprint density at radius 1 is 1.71 bits per heavy atom. The van der Waals surface area contributed by atoms with E-state index >= 15 is 0 Å². The summed E-state index contributed by atoms with van der Waals surface area (Å²) in [7, 11) is 1.61. The first kappa shape index (κ1) is 11.5. The van der Waals surface area contributed by atoms with Gasteiger partial charge in [0.25, 0.3) is 0 Å². The molecule has 1 rings (SSSR count). The minimum absolute atomic E-state index is 0.0156. The quantitative estimate of drug-likeness (QED) is 0.669. The van der Waals surface area contributed by atoms with Crippen LogP contribution in [0.3, 0.4) is 0 Å². The molecule has 1 aromatic rings. The van der Waals surface area contributed by atoms with Crippen molar-refractivity contribution in [2.24, 2.45) is 0 Å². The van der Waals surface area contributed by atoms with Crippen LogP contribution in [-0.4, -0.2) is 28.7 Å². The van der Waals surface area contributed by atoms with Crippen LogP contribution in [0.15, 0.2) is 15.7 Å². The third-order valence-electron chi connectivity index (χ3n) is 1.45. The van der Waals surface area contributed by atoms with Crippen molar-refractivity contribution in [1.82, 2.24) is 15.3 Å². The lowest BCUT2D eigenvalue weighted by Gasteiger charge is -2.02. The topological polar surface area (TPSA) is 54.9 Å². The highest BCUT2D eigenvalue weighted by atomic mass is 79.9. The molecule has 0 fully saturated rings. The van der Waals surface area contributed by atoms with Crippen LogP contribution < -0.4 is 5.32 Å². The van der Waals surface area contributed by atoms with Gasteiger partial charge in [0.2, 0.25) is 5.91 Å². The second-order valence-electron chi connectivity index (χ2n) is 2.53. The monoisotopic (exact) mass is 275 g/mol. The summed E-state index contributed by atoms with van der Waals surface area (Å²) in [5.74, 6) is 1.05. The van der Waals surface area contributed by atoms with Crippen LogP contribution in [0.5, 0.6) is 0 Å². The van der Waals surface area contributed by atoms with Crippen molar-refractivity contribution in [3.05, 3.63) is 16.5 Å². The molecule has 0 spiro atoms. The van der Waals surface area contributed by atoms with Crippen molar-refractivity contribution in [2.75, 3.05) is 12.8 Å². The molecule has 0 aliphatic carbocycles. The third kappa shape index (κ3) is 3.26. The fourth-order valence-electron chi connectivity index (χ4n) is 0.742. The molecule has 0 aromatic carbocycles. The van der Waals surface area contributed by atoms with Gasteiger partial charge in [-0.15, -0.1) is 0 Å². The number of nitrogens with zero attached hydrogens (tertiary/aromatic N) is 2. The first-order valence-electron chi connectivity index (χ1n) is 3.96. The Morgan fingerprint density at radius 2 is 2.43 bits per heavy atom. The van der Waals surface area contributed by atoms with Crippen LogP contribution in [0.25, 0.3) is 0 Å². The summed E-state index contributed by atoms with van der Waals surface area (Å²) in [6, 6.07) is 0. The van der Waals surface area contributed by atoms with Crippen molar-refractivity contribution < 1.29 is 4.79 Å². The van der Waals surface area contributed by atoms with Gasteiger partial charge in [-0.3, -0.25) is 4.79 Å². The standard InChI is InChI=1S/C8H10BrN3OS/c1-5-11-3-6(9)8(12-5)14-4-7(13)10-2/h3H,4H2,1-2H3,(H,10,13). The highest BCUT2D eigenvalue weighted by molar-refractivity contribution is 9.10. The van der Waals surface area contributed by atoms with Crippen molar-refractivity contribution in [2.45, 2.75) is 11.9 Å². The normalized spacial score (nSPS) is 9.93. The maximum Gasteiger partial charge on any atom is 0.230 e. The summed E-state index contributed by atoms with van der Waals surface area (Å²) in [6.45, 7) is 1.82. The van der Waals surface area contributed by atoms with Crippen LogP contribution in [0.2, 0.25) is 0 Å². The van der Waals surface area contributed by atoms with Gasteiger partial charge in [-0.05, 0) is 22.9 Å². The molecule has 1 N–H and O–H groups in total. The largest absolute Gasteiger partial charge is 0.358 e. The number of aryl methyl sites for hydroxylation is 1. The van der Waals surface area contributed by atoms with E-state index in [9.17, 15) is 4.79 Å². The number of carbonyl (C=O) groups excluding carboxylic acids is 1. The average Bonchev–Trinajstić information content (AvgIpc) is 2.19. The van der Waals surface area contributed by atoms with Gasteiger partial charge in [-0.25, -0.2) is 9.97 Å². The van der Waals surface area contributed by atoms with Crippen LogP contribution in [0.1, 0.15) is 5.82 Å². The molecular formula is C8H10BrN3OS. The Labute approximate surface area is 95.0 Å². The van der Waals surface area contributed by atoms with Crippen LogP contribution in [-0.2, 0) is 4.79 Å². The number of hydrogen-bond acceptors (Lipinski definition) is 4. The number of amides is 1. The fraction of sp³-hybridized carbons (Fsp3) is 0.375. The van der Waals surface area contributed by atoms with E-state index in [1.165, 1.54) is 11.8 Å². The van der Waals surface area contributed by atoms with E-state index in [1.54, 1.807) is 13.2 Å². The Kier molecular flexibility index (Phi) is 4.34. The lowest BCUT2D eigenvalue weighted by atomic mass is 10.6. The number of halogens is 1. The molecule has 0 bridgehead atoms. The van der Waals surface area contributed by atoms with Gasteiger partial charge in [-0.1, -0.05) is 11.8 Å². The smallest absolute Gasteiger partial charge is 0.230 e. The van der Waals surface area contributed by atoms with Crippen LogP contribution >= 0.6 is 27.7 Å². The second kappa shape index (κ2) is 5.31. The summed E-state index contributed by atoms with van der Waals surface area (Å²) in [5, 5.41) is 3.34. The summed E-state index contributed by atoms with van der Waals surface area (Å²) in [4.78, 5) is 19.2. The van der Waals surface area contributed by atoms with E-state index in [0.717, 1.165) is 9.50 Å². The molecule has 4 nitrogen and oxygen atoms in total. The first-order chi connectivity index (χ1) is 6.63. The Bertz CT molecular complexity index is 345. The minimum atomic E-state index is -0.0156. The van der Waals surface area contributed by atoms with E-state index in [2.05, 4.69) is 31.2 Å². The zero-order valence-electron chi connectivity index (χ0n) is 7.87. The molecule has 0 saturated heterocycles. The molecule has 1 heterocycles. The summed E-state index contributed by atoms with van der Waals surface area (Å²) >= 11 is 4.71. The first-order valence-corrected chi connectivity index (χ1v) is 5.74. The van der Waals surface area contributed by atoms with E-state index in [4.69, 9.17) is 0 Å². The van der Waals surface area contributed by atoms with E-state index in [0.29, 0.717) is 11.6 Å². The number of aromatic nitrogens is 2. The Morgan fingerprint density at radius 3 is 3.07 bits per heavy atom. The van der Waals surface area contributed by atoms with E-state index in [-0.39, 0.29) is 5.91 Å². The molecule has 0 aliphatic heterocycles. The molecule has 14 heavy (non-hydrogen) atoms. The van der Waals surface area contributed by atoms with Crippen LogP contribution in [0.4, 0.5) is 0 Å². The molecule has 0 saturated carbocycles. The third-order valence-corrected chi connectivity index (χ3v) is 3.29. The van der Waals surface area contributed by atoms with E-state index < -0.39 is 0 Å². The maximum absolute atomic E-state index is 11.0. The predicted octanol–water partition coefficient (Wildman–Crippen LogP) is 1.39. The highest BCUT2D eigenvalue weighted by Gasteiger charge is 2.06. The zero-order valence-corrected chi connectivity index (χ0v) is 10.3. The van der Waals surface area contributed by atoms with E-state index in [1.807, 2.05) is 6.92 Å². The molecule has 0 unspecified atom stereocenters. The molecule has 1 aromatic heterocycles. The van der Waals surface area contributed by atoms with Gasteiger partial charge in [0.15, 0.2) is 0 Å². The molecular weight excluding hydrogens is 266 g/mol.